The Balaban J connectivity index is 1.94. The van der Waals surface area contributed by atoms with Crippen LogP contribution in [0.4, 0.5) is 4.39 Å². The summed E-state index contributed by atoms with van der Waals surface area (Å²) in [5.41, 5.74) is 2.27. The molecular formula is C20H18FNO2S. The number of hydrogen-bond donors (Lipinski definition) is 1. The lowest BCUT2D eigenvalue weighted by Crippen LogP contribution is -2.29. The zero-order chi connectivity index (χ0) is 17.8. The topological polar surface area (TPSA) is 38.3 Å². The van der Waals surface area contributed by atoms with Crippen LogP contribution in [0.25, 0.3) is 0 Å². The summed E-state index contributed by atoms with van der Waals surface area (Å²) >= 11 is 1.54. The lowest BCUT2D eigenvalue weighted by Gasteiger charge is -2.19. The molecule has 0 spiro atoms. The normalized spacial score (nSPS) is 11.8. The standard InChI is InChI=1S/C20H18FNO2S/c1-13-5-10-17(24-2)16(12-13)20(23)22-19(18-4-3-11-25-18)14-6-8-15(21)9-7-14/h3-12,19H,1-2H3,(H,22,23). The molecule has 0 aliphatic heterocycles. The number of thiophene rings is 1. The van der Waals surface area contributed by atoms with Gasteiger partial charge in [-0.3, -0.25) is 4.79 Å². The molecule has 1 aromatic heterocycles. The van der Waals surface area contributed by atoms with E-state index in [4.69, 9.17) is 4.74 Å². The van der Waals surface area contributed by atoms with Gasteiger partial charge in [0, 0.05) is 4.88 Å². The van der Waals surface area contributed by atoms with Gasteiger partial charge in [-0.1, -0.05) is 29.8 Å². The van der Waals surface area contributed by atoms with Crippen LogP contribution >= 0.6 is 11.3 Å². The van der Waals surface area contributed by atoms with Crippen molar-refractivity contribution < 1.29 is 13.9 Å². The van der Waals surface area contributed by atoms with Crippen molar-refractivity contribution in [2.24, 2.45) is 0 Å². The first-order valence-corrected chi connectivity index (χ1v) is 8.71. The number of nitrogens with one attached hydrogen (secondary N) is 1. The van der Waals surface area contributed by atoms with Crippen LogP contribution in [0.2, 0.25) is 0 Å². The summed E-state index contributed by atoms with van der Waals surface area (Å²) < 4.78 is 18.6. The second-order valence-electron chi connectivity index (χ2n) is 5.68. The van der Waals surface area contributed by atoms with E-state index < -0.39 is 0 Å². The SMILES string of the molecule is COc1ccc(C)cc1C(=O)NC(c1ccc(F)cc1)c1cccs1. The first kappa shape index (κ1) is 17.2. The molecule has 0 saturated carbocycles. The molecule has 0 saturated heterocycles. The molecular weight excluding hydrogens is 337 g/mol. The molecule has 1 atom stereocenters. The molecule has 1 heterocycles. The van der Waals surface area contributed by atoms with Crippen LogP contribution in [-0.4, -0.2) is 13.0 Å². The number of hydrogen-bond acceptors (Lipinski definition) is 3. The summed E-state index contributed by atoms with van der Waals surface area (Å²) in [6, 6.07) is 15.2. The Labute approximate surface area is 150 Å². The Morgan fingerprint density at radius 3 is 2.56 bits per heavy atom. The first-order valence-electron chi connectivity index (χ1n) is 7.83. The molecule has 0 bridgehead atoms. The number of methoxy groups -OCH3 is 1. The van der Waals surface area contributed by atoms with Gasteiger partial charge >= 0.3 is 0 Å². The molecule has 25 heavy (non-hydrogen) atoms. The summed E-state index contributed by atoms with van der Waals surface area (Å²) in [5, 5.41) is 4.99. The monoisotopic (exact) mass is 355 g/mol. The Kier molecular flexibility index (Phi) is 5.14. The Hall–Kier alpha value is -2.66. The van der Waals surface area contributed by atoms with Gasteiger partial charge in [0.25, 0.3) is 5.91 Å². The van der Waals surface area contributed by atoms with Crippen LogP contribution in [0.5, 0.6) is 5.75 Å². The average Bonchev–Trinajstić information content (AvgIpc) is 3.14. The third-order valence-electron chi connectivity index (χ3n) is 3.91. The molecule has 1 N–H and O–H groups in total. The van der Waals surface area contributed by atoms with Crippen LogP contribution in [0, 0.1) is 12.7 Å². The van der Waals surface area contributed by atoms with Crippen molar-refractivity contribution in [3.8, 4) is 5.75 Å². The Morgan fingerprint density at radius 2 is 1.92 bits per heavy atom. The van der Waals surface area contributed by atoms with Crippen molar-refractivity contribution in [3.05, 3.63) is 87.4 Å². The molecule has 3 nitrogen and oxygen atoms in total. The van der Waals surface area contributed by atoms with E-state index in [9.17, 15) is 9.18 Å². The number of ether oxygens (including phenoxy) is 1. The van der Waals surface area contributed by atoms with Gasteiger partial charge in [-0.15, -0.1) is 11.3 Å². The maximum absolute atomic E-state index is 13.3. The molecule has 2 aromatic carbocycles. The second kappa shape index (κ2) is 7.49. The number of amides is 1. The fraction of sp³-hybridized carbons (Fsp3) is 0.150. The van der Waals surface area contributed by atoms with Crippen LogP contribution in [0.1, 0.15) is 32.4 Å². The summed E-state index contributed by atoms with van der Waals surface area (Å²) in [6.45, 7) is 1.92. The van der Waals surface area contributed by atoms with Gasteiger partial charge in [0.15, 0.2) is 0 Å². The Morgan fingerprint density at radius 1 is 1.16 bits per heavy atom. The predicted octanol–water partition coefficient (Wildman–Crippen LogP) is 4.72. The van der Waals surface area contributed by atoms with Gasteiger partial charge in [0.05, 0.1) is 18.7 Å². The quantitative estimate of drug-likeness (QED) is 0.719. The first-order chi connectivity index (χ1) is 12.1. The number of rotatable bonds is 5. The third-order valence-corrected chi connectivity index (χ3v) is 4.84. The number of halogens is 1. The van der Waals surface area contributed by atoms with Gasteiger partial charge in [0.2, 0.25) is 0 Å². The molecule has 3 aromatic rings. The minimum atomic E-state index is -0.349. The van der Waals surface area contributed by atoms with Crippen LogP contribution in [-0.2, 0) is 0 Å². The van der Waals surface area contributed by atoms with Gasteiger partial charge in [-0.05, 0) is 48.2 Å². The number of aryl methyl sites for hydroxylation is 1. The lowest BCUT2D eigenvalue weighted by atomic mass is 10.0. The maximum Gasteiger partial charge on any atom is 0.255 e. The molecule has 0 aliphatic carbocycles. The molecule has 3 rings (SSSR count). The van der Waals surface area contributed by atoms with Crippen molar-refractivity contribution >= 4 is 17.2 Å². The van der Waals surface area contributed by atoms with E-state index in [1.165, 1.54) is 19.2 Å². The highest BCUT2D eigenvalue weighted by Crippen LogP contribution is 2.28. The fourth-order valence-corrected chi connectivity index (χ4v) is 3.44. The van der Waals surface area contributed by atoms with E-state index in [0.29, 0.717) is 11.3 Å². The van der Waals surface area contributed by atoms with E-state index in [1.807, 2.05) is 30.5 Å². The molecule has 5 heteroatoms. The van der Waals surface area contributed by atoms with E-state index in [-0.39, 0.29) is 17.8 Å². The zero-order valence-electron chi connectivity index (χ0n) is 14.0. The highest BCUT2D eigenvalue weighted by molar-refractivity contribution is 7.10. The summed E-state index contributed by atoms with van der Waals surface area (Å²) in [4.78, 5) is 13.8. The van der Waals surface area contributed by atoms with Gasteiger partial charge in [-0.2, -0.15) is 0 Å². The van der Waals surface area contributed by atoms with Crippen LogP contribution in [0.3, 0.4) is 0 Å². The van der Waals surface area contributed by atoms with Crippen LogP contribution in [0.15, 0.2) is 60.0 Å². The Bertz CT molecular complexity index is 860. The minimum absolute atomic E-state index is 0.233. The minimum Gasteiger partial charge on any atom is -0.496 e. The van der Waals surface area contributed by atoms with Crippen molar-refractivity contribution in [2.45, 2.75) is 13.0 Å². The molecule has 128 valence electrons. The van der Waals surface area contributed by atoms with Crippen molar-refractivity contribution in [1.82, 2.24) is 5.32 Å². The molecule has 1 amide bonds. The molecule has 0 fully saturated rings. The third kappa shape index (κ3) is 3.88. The summed E-state index contributed by atoms with van der Waals surface area (Å²) in [7, 11) is 1.54. The summed E-state index contributed by atoms with van der Waals surface area (Å²) in [5.74, 6) is -0.0178. The van der Waals surface area contributed by atoms with Crippen molar-refractivity contribution in [2.75, 3.05) is 7.11 Å². The van der Waals surface area contributed by atoms with E-state index in [2.05, 4.69) is 5.32 Å². The van der Waals surface area contributed by atoms with E-state index in [0.717, 1.165) is 16.0 Å². The number of benzene rings is 2. The van der Waals surface area contributed by atoms with E-state index in [1.54, 1.807) is 35.6 Å². The molecule has 1 unspecified atom stereocenters. The molecule has 0 radical (unpaired) electrons. The largest absolute Gasteiger partial charge is 0.496 e. The van der Waals surface area contributed by atoms with Crippen molar-refractivity contribution in [3.63, 3.8) is 0 Å². The van der Waals surface area contributed by atoms with Gasteiger partial charge in [0.1, 0.15) is 11.6 Å². The average molecular weight is 355 g/mol. The van der Waals surface area contributed by atoms with Crippen molar-refractivity contribution in [1.29, 1.82) is 0 Å². The van der Waals surface area contributed by atoms with Gasteiger partial charge in [-0.25, -0.2) is 4.39 Å². The fourth-order valence-electron chi connectivity index (χ4n) is 2.64. The summed E-state index contributed by atoms with van der Waals surface area (Å²) in [6.07, 6.45) is 0. The van der Waals surface area contributed by atoms with Crippen LogP contribution < -0.4 is 10.1 Å². The van der Waals surface area contributed by atoms with Gasteiger partial charge < -0.3 is 10.1 Å². The maximum atomic E-state index is 13.3. The van der Waals surface area contributed by atoms with E-state index >= 15 is 0 Å². The zero-order valence-corrected chi connectivity index (χ0v) is 14.8. The smallest absolute Gasteiger partial charge is 0.255 e. The highest BCUT2D eigenvalue weighted by Gasteiger charge is 2.21. The predicted molar refractivity (Wildman–Crippen MR) is 97.8 cm³/mol. The second-order valence-corrected chi connectivity index (χ2v) is 6.66. The highest BCUT2D eigenvalue weighted by atomic mass is 32.1. The number of carbonyl (C=O) groups is 1. The number of carbonyl (C=O) groups excluding carboxylic acids is 1. The lowest BCUT2D eigenvalue weighted by molar-refractivity contribution is 0.0940. The molecule has 0 aliphatic rings.